The van der Waals surface area contributed by atoms with E-state index in [1.807, 2.05) is 0 Å². The van der Waals surface area contributed by atoms with E-state index in [-0.39, 0.29) is 11.0 Å². The zero-order valence-electron chi connectivity index (χ0n) is 8.18. The van der Waals surface area contributed by atoms with Crippen molar-refractivity contribution in [3.05, 3.63) is 14.1 Å². The molecule has 0 amide bonds. The van der Waals surface area contributed by atoms with Crippen LogP contribution in [0.25, 0.3) is 0 Å². The number of hydrogen-bond donors (Lipinski definition) is 2. The van der Waals surface area contributed by atoms with Gasteiger partial charge < -0.3 is 22.4 Å². The molecular formula is C7H22Cl2N2O2Pt. The second kappa shape index (κ2) is 48.0. The Morgan fingerprint density at radius 1 is 0.714 bits per heavy atom. The first kappa shape index (κ1) is 29.4. The van der Waals surface area contributed by atoms with Crippen LogP contribution in [0.2, 0.25) is 0 Å². The van der Waals surface area contributed by atoms with Crippen molar-refractivity contribution < 1.29 is 27.4 Å². The van der Waals surface area contributed by atoms with Gasteiger partial charge in [-0.1, -0.05) is 32.1 Å². The van der Waals surface area contributed by atoms with Crippen LogP contribution >= 0.6 is 18.8 Å². The van der Waals surface area contributed by atoms with Crippen LogP contribution in [0.1, 0.15) is 32.1 Å². The SMILES string of the molecule is C1CCCC1.O.O.[CH2-]N.[CH2-]N.[Cl][Pt+2][Cl]. The van der Waals surface area contributed by atoms with Crippen molar-refractivity contribution in [2.45, 2.75) is 32.1 Å². The molecule has 1 rings (SSSR count). The molecule has 0 saturated heterocycles. The van der Waals surface area contributed by atoms with E-state index in [2.05, 4.69) is 25.6 Å². The molecule has 0 bridgehead atoms. The molecule has 14 heavy (non-hydrogen) atoms. The van der Waals surface area contributed by atoms with Crippen molar-refractivity contribution in [1.29, 1.82) is 0 Å². The van der Waals surface area contributed by atoms with Gasteiger partial charge in [-0.05, 0) is 0 Å². The first-order valence-electron chi connectivity index (χ1n) is 3.56. The van der Waals surface area contributed by atoms with E-state index >= 15 is 0 Å². The van der Waals surface area contributed by atoms with E-state index in [1.54, 1.807) is 0 Å². The molecule has 96 valence electrons. The van der Waals surface area contributed by atoms with Gasteiger partial charge in [0.15, 0.2) is 0 Å². The van der Waals surface area contributed by atoms with Crippen molar-refractivity contribution >= 4 is 18.8 Å². The number of rotatable bonds is 0. The summed E-state index contributed by atoms with van der Waals surface area (Å²) in [6, 6.07) is 0. The molecule has 1 fully saturated rings. The van der Waals surface area contributed by atoms with Gasteiger partial charge in [-0.15, -0.1) is 0 Å². The summed E-state index contributed by atoms with van der Waals surface area (Å²) in [5.41, 5.74) is 8.50. The minimum absolute atomic E-state index is 0. The first-order chi connectivity index (χ1) is 5.91. The van der Waals surface area contributed by atoms with Crippen LogP contribution in [0.3, 0.4) is 0 Å². The monoisotopic (exact) mass is 431 g/mol. The van der Waals surface area contributed by atoms with Crippen LogP contribution < -0.4 is 11.5 Å². The quantitative estimate of drug-likeness (QED) is 0.560. The molecule has 0 aromatic heterocycles. The normalized spacial score (nSPS) is 11.0. The molecule has 1 aliphatic rings. The van der Waals surface area contributed by atoms with Gasteiger partial charge in [0.25, 0.3) is 0 Å². The van der Waals surface area contributed by atoms with E-state index in [1.165, 1.54) is 32.1 Å². The second-order valence-corrected chi connectivity index (χ2v) is 5.10. The average Bonchev–Trinajstić information content (AvgIpc) is 2.69. The molecule has 0 heterocycles. The van der Waals surface area contributed by atoms with Crippen LogP contribution in [-0.2, 0) is 16.5 Å². The third kappa shape index (κ3) is 51.5. The fourth-order valence-corrected chi connectivity index (χ4v) is 0.884. The molecule has 1 saturated carbocycles. The Morgan fingerprint density at radius 3 is 0.857 bits per heavy atom. The van der Waals surface area contributed by atoms with Crippen LogP contribution in [0.15, 0.2) is 0 Å². The molecule has 0 atom stereocenters. The summed E-state index contributed by atoms with van der Waals surface area (Å²) in [6.07, 6.45) is 7.50. The van der Waals surface area contributed by atoms with Gasteiger partial charge in [0.2, 0.25) is 0 Å². The fourth-order valence-electron chi connectivity index (χ4n) is 0.884. The van der Waals surface area contributed by atoms with E-state index in [0.29, 0.717) is 0 Å². The summed E-state index contributed by atoms with van der Waals surface area (Å²) in [5, 5.41) is 0. The van der Waals surface area contributed by atoms with Gasteiger partial charge in [-0.2, -0.15) is 0 Å². The number of nitrogens with two attached hydrogens (primary N) is 2. The molecule has 0 unspecified atom stereocenters. The molecule has 0 aromatic rings. The van der Waals surface area contributed by atoms with Gasteiger partial charge >= 0.3 is 35.3 Å². The van der Waals surface area contributed by atoms with Crippen LogP contribution in [0.4, 0.5) is 0 Å². The number of hydrogen-bond acceptors (Lipinski definition) is 2. The summed E-state index contributed by atoms with van der Waals surface area (Å²) in [6.45, 7) is 0. The predicted molar refractivity (Wildman–Crippen MR) is 61.1 cm³/mol. The molecule has 0 radical (unpaired) electrons. The van der Waals surface area contributed by atoms with Gasteiger partial charge in [0.1, 0.15) is 0 Å². The molecule has 8 N–H and O–H groups in total. The summed E-state index contributed by atoms with van der Waals surface area (Å²) in [4.78, 5) is 0. The van der Waals surface area contributed by atoms with Crippen molar-refractivity contribution in [1.82, 2.24) is 0 Å². The summed E-state index contributed by atoms with van der Waals surface area (Å²) in [7, 11) is 15.2. The molecule has 7 heteroatoms. The van der Waals surface area contributed by atoms with Crippen molar-refractivity contribution in [2.75, 3.05) is 0 Å². The Bertz CT molecular complexity index is 47.1. The van der Waals surface area contributed by atoms with Crippen molar-refractivity contribution in [3.8, 4) is 0 Å². The van der Waals surface area contributed by atoms with Crippen molar-refractivity contribution in [2.24, 2.45) is 11.5 Å². The topological polar surface area (TPSA) is 115 Å². The summed E-state index contributed by atoms with van der Waals surface area (Å²) in [5.74, 6) is 0. The van der Waals surface area contributed by atoms with Crippen LogP contribution in [0.5, 0.6) is 0 Å². The fraction of sp³-hybridized carbons (Fsp3) is 0.714. The minimum atomic E-state index is -0.472. The Kier molecular flexibility index (Phi) is 101. The van der Waals surface area contributed by atoms with E-state index in [9.17, 15) is 0 Å². The maximum absolute atomic E-state index is 4.88. The van der Waals surface area contributed by atoms with Crippen LogP contribution in [0, 0.1) is 14.1 Å². The Morgan fingerprint density at radius 2 is 0.786 bits per heavy atom. The average molecular weight is 432 g/mol. The van der Waals surface area contributed by atoms with E-state index in [4.69, 9.17) is 18.8 Å². The van der Waals surface area contributed by atoms with Crippen LogP contribution in [-0.4, -0.2) is 11.0 Å². The molecule has 1 aliphatic carbocycles. The zero-order chi connectivity index (χ0) is 10.2. The maximum atomic E-state index is 4.88. The standard InChI is InChI=1S/C5H10.2CH4N.2ClH.2H2O.Pt/c1-2-4-5-3-1;2*1-2;;;;;/h1-5H2;2*1-2H2;2*1H;2*1H2;/q;2*-1;;;;;+4/p-2. The molecule has 4 nitrogen and oxygen atoms in total. The van der Waals surface area contributed by atoms with Gasteiger partial charge in [0, 0.05) is 0 Å². The van der Waals surface area contributed by atoms with Crippen molar-refractivity contribution in [3.63, 3.8) is 0 Å². The van der Waals surface area contributed by atoms with E-state index < -0.39 is 16.5 Å². The zero-order valence-corrected chi connectivity index (χ0v) is 12.0. The summed E-state index contributed by atoms with van der Waals surface area (Å²) >= 11 is -0.472. The van der Waals surface area contributed by atoms with Gasteiger partial charge in [0.05, 0.1) is 0 Å². The second-order valence-electron chi connectivity index (χ2n) is 1.81. The Labute approximate surface area is 104 Å². The van der Waals surface area contributed by atoms with Gasteiger partial charge in [-0.25, -0.2) is 0 Å². The molecule has 0 aliphatic heterocycles. The molecular weight excluding hydrogens is 410 g/mol. The Hall–Kier alpha value is 1.11. The Balaban J connectivity index is -0.0000000271. The van der Waals surface area contributed by atoms with E-state index in [0.717, 1.165) is 0 Å². The third-order valence-corrected chi connectivity index (χ3v) is 1.25. The summed E-state index contributed by atoms with van der Waals surface area (Å²) < 4.78 is 0. The first-order valence-corrected chi connectivity index (χ1v) is 9.19. The molecule has 0 aromatic carbocycles. The third-order valence-electron chi connectivity index (χ3n) is 1.25. The predicted octanol–water partition coefficient (Wildman–Crippen LogP) is 1.15. The van der Waals surface area contributed by atoms with Gasteiger partial charge in [-0.3, -0.25) is 14.1 Å². The number of halogens is 2. The molecule has 0 spiro atoms.